The number of hydrogen-bond acceptors (Lipinski definition) is 3. The number of rotatable bonds is 3. The van der Waals surface area contributed by atoms with Crippen molar-refractivity contribution in [2.24, 2.45) is 0 Å². The molecule has 0 amide bonds. The highest BCUT2D eigenvalue weighted by Gasteiger charge is 2.03. The summed E-state index contributed by atoms with van der Waals surface area (Å²) in [7, 11) is 0. The molecular formula is C11H12O4. The molecule has 1 aromatic rings. The van der Waals surface area contributed by atoms with E-state index in [1.807, 2.05) is 0 Å². The van der Waals surface area contributed by atoms with Crippen LogP contribution in [0.25, 0.3) is 5.57 Å². The van der Waals surface area contributed by atoms with E-state index in [0.29, 0.717) is 16.7 Å². The molecule has 15 heavy (non-hydrogen) atoms. The minimum Gasteiger partial charge on any atom is -0.508 e. The number of carboxylic acid groups (broad SMARTS) is 1. The molecule has 0 fully saturated rings. The van der Waals surface area contributed by atoms with E-state index in [1.165, 1.54) is 6.07 Å². The van der Waals surface area contributed by atoms with E-state index >= 15 is 0 Å². The molecule has 4 heteroatoms. The summed E-state index contributed by atoms with van der Waals surface area (Å²) < 4.78 is 0. The van der Waals surface area contributed by atoms with Gasteiger partial charge in [0, 0.05) is 11.6 Å². The minimum atomic E-state index is -1.02. The van der Waals surface area contributed by atoms with Crippen molar-refractivity contribution in [1.29, 1.82) is 0 Å². The van der Waals surface area contributed by atoms with Gasteiger partial charge in [-0.15, -0.1) is 0 Å². The number of hydrogen-bond donors (Lipinski definition) is 3. The van der Waals surface area contributed by atoms with E-state index in [1.54, 1.807) is 19.1 Å². The molecule has 0 aromatic heterocycles. The van der Waals surface area contributed by atoms with Crippen molar-refractivity contribution in [2.75, 3.05) is 0 Å². The number of phenols is 1. The third-order valence-electron chi connectivity index (χ3n) is 2.05. The normalized spacial score (nSPS) is 11.5. The van der Waals surface area contributed by atoms with Crippen LogP contribution in [-0.4, -0.2) is 21.3 Å². The van der Waals surface area contributed by atoms with Gasteiger partial charge in [-0.2, -0.15) is 0 Å². The zero-order valence-corrected chi connectivity index (χ0v) is 8.27. The molecule has 80 valence electrons. The highest BCUT2D eigenvalue weighted by atomic mass is 16.4. The lowest BCUT2D eigenvalue weighted by atomic mass is 10.0. The fourth-order valence-electron chi connectivity index (χ4n) is 1.23. The smallest absolute Gasteiger partial charge is 0.328 e. The van der Waals surface area contributed by atoms with Crippen LogP contribution >= 0.6 is 0 Å². The molecule has 0 saturated heterocycles. The molecule has 0 aliphatic heterocycles. The molecule has 0 saturated carbocycles. The highest BCUT2D eigenvalue weighted by molar-refractivity contribution is 5.89. The molecule has 0 unspecified atom stereocenters. The summed E-state index contributed by atoms with van der Waals surface area (Å²) in [5.74, 6) is -1.02. The largest absolute Gasteiger partial charge is 0.508 e. The number of aromatic hydroxyl groups is 1. The maximum Gasteiger partial charge on any atom is 0.328 e. The molecular weight excluding hydrogens is 196 g/mol. The number of allylic oxidation sites excluding steroid dienone is 1. The Bertz CT molecular complexity index is 407. The van der Waals surface area contributed by atoms with Crippen LogP contribution in [0.1, 0.15) is 18.1 Å². The first kappa shape index (κ1) is 11.3. The van der Waals surface area contributed by atoms with Crippen molar-refractivity contribution in [3.05, 3.63) is 35.4 Å². The molecule has 0 atom stereocenters. The number of carboxylic acids is 1. The second kappa shape index (κ2) is 4.61. The monoisotopic (exact) mass is 208 g/mol. The maximum atomic E-state index is 10.4. The van der Waals surface area contributed by atoms with Gasteiger partial charge in [0.25, 0.3) is 0 Å². The Morgan fingerprint density at radius 3 is 2.67 bits per heavy atom. The first-order valence-electron chi connectivity index (χ1n) is 4.39. The van der Waals surface area contributed by atoms with E-state index in [0.717, 1.165) is 6.08 Å². The van der Waals surface area contributed by atoms with Gasteiger partial charge in [0.15, 0.2) is 0 Å². The third-order valence-corrected chi connectivity index (χ3v) is 2.05. The van der Waals surface area contributed by atoms with Gasteiger partial charge >= 0.3 is 5.97 Å². The number of benzene rings is 1. The maximum absolute atomic E-state index is 10.4. The van der Waals surface area contributed by atoms with Crippen molar-refractivity contribution >= 4 is 11.5 Å². The summed E-state index contributed by atoms with van der Waals surface area (Å²) in [4.78, 5) is 10.4. The molecule has 0 radical (unpaired) electrons. The van der Waals surface area contributed by atoms with Gasteiger partial charge in [-0.3, -0.25) is 0 Å². The second-order valence-electron chi connectivity index (χ2n) is 3.17. The molecule has 0 bridgehead atoms. The van der Waals surface area contributed by atoms with Crippen LogP contribution in [-0.2, 0) is 11.4 Å². The van der Waals surface area contributed by atoms with Crippen molar-refractivity contribution in [3.8, 4) is 5.75 Å². The van der Waals surface area contributed by atoms with E-state index in [4.69, 9.17) is 10.2 Å². The fraction of sp³-hybridized carbons (Fsp3) is 0.182. The van der Waals surface area contributed by atoms with E-state index in [-0.39, 0.29) is 12.4 Å². The Hall–Kier alpha value is -1.81. The van der Waals surface area contributed by atoms with Gasteiger partial charge < -0.3 is 15.3 Å². The van der Waals surface area contributed by atoms with Crippen molar-refractivity contribution in [2.45, 2.75) is 13.5 Å². The predicted octanol–water partition coefficient (Wildman–Crippen LogP) is 1.37. The molecule has 3 N–H and O–H groups in total. The second-order valence-corrected chi connectivity index (χ2v) is 3.17. The summed E-state index contributed by atoms with van der Waals surface area (Å²) in [5.41, 5.74) is 1.61. The van der Waals surface area contributed by atoms with Crippen LogP contribution in [0, 0.1) is 0 Å². The van der Waals surface area contributed by atoms with Gasteiger partial charge in [-0.25, -0.2) is 4.79 Å². The predicted molar refractivity (Wildman–Crippen MR) is 55.3 cm³/mol. The summed E-state index contributed by atoms with van der Waals surface area (Å²) in [6, 6.07) is 4.59. The SMILES string of the molecule is C/C(=C\C(=O)O)c1ccc(O)c(CO)c1. The Morgan fingerprint density at radius 1 is 1.47 bits per heavy atom. The molecule has 0 aliphatic carbocycles. The van der Waals surface area contributed by atoms with Gasteiger partial charge in [0.05, 0.1) is 6.61 Å². The Balaban J connectivity index is 3.11. The van der Waals surface area contributed by atoms with Crippen LogP contribution in [0.15, 0.2) is 24.3 Å². The van der Waals surface area contributed by atoms with Crippen molar-refractivity contribution in [3.63, 3.8) is 0 Å². The van der Waals surface area contributed by atoms with E-state index < -0.39 is 5.97 Å². The molecule has 0 heterocycles. The third kappa shape index (κ3) is 2.82. The number of aliphatic hydroxyl groups is 1. The molecule has 0 spiro atoms. The van der Waals surface area contributed by atoms with Gasteiger partial charge in [0.1, 0.15) is 5.75 Å². The first-order chi connectivity index (χ1) is 7.04. The first-order valence-corrected chi connectivity index (χ1v) is 4.39. The molecule has 1 rings (SSSR count). The lowest BCUT2D eigenvalue weighted by Crippen LogP contribution is -1.92. The quantitative estimate of drug-likeness (QED) is 0.655. The van der Waals surface area contributed by atoms with Gasteiger partial charge in [0.2, 0.25) is 0 Å². The average Bonchev–Trinajstić information content (AvgIpc) is 2.17. The molecule has 1 aromatic carbocycles. The summed E-state index contributed by atoms with van der Waals surface area (Å²) >= 11 is 0. The van der Waals surface area contributed by atoms with Crippen LogP contribution in [0.4, 0.5) is 0 Å². The Labute approximate surface area is 87.1 Å². The van der Waals surface area contributed by atoms with Crippen LogP contribution in [0.5, 0.6) is 5.75 Å². The summed E-state index contributed by atoms with van der Waals surface area (Å²) in [5, 5.41) is 26.8. The molecule has 4 nitrogen and oxygen atoms in total. The number of aliphatic carboxylic acids is 1. The van der Waals surface area contributed by atoms with Crippen molar-refractivity contribution in [1.82, 2.24) is 0 Å². The lowest BCUT2D eigenvalue weighted by Gasteiger charge is -2.05. The Morgan fingerprint density at radius 2 is 2.13 bits per heavy atom. The zero-order valence-electron chi connectivity index (χ0n) is 8.27. The summed E-state index contributed by atoms with van der Waals surface area (Å²) in [6.45, 7) is 1.38. The van der Waals surface area contributed by atoms with Crippen molar-refractivity contribution < 1.29 is 20.1 Å². The fourth-order valence-corrected chi connectivity index (χ4v) is 1.23. The van der Waals surface area contributed by atoms with Gasteiger partial charge in [-0.1, -0.05) is 6.07 Å². The summed E-state index contributed by atoms with van der Waals surface area (Å²) in [6.07, 6.45) is 1.08. The number of carbonyl (C=O) groups is 1. The highest BCUT2D eigenvalue weighted by Crippen LogP contribution is 2.22. The standard InChI is InChI=1S/C11H12O4/c1-7(4-11(14)15)8-2-3-10(13)9(5-8)6-12/h2-5,12-13H,6H2,1H3,(H,14,15)/b7-4+. The number of aliphatic hydroxyl groups excluding tert-OH is 1. The lowest BCUT2D eigenvalue weighted by molar-refractivity contribution is -0.131. The zero-order chi connectivity index (χ0) is 11.4. The minimum absolute atomic E-state index is 0.00405. The van der Waals surface area contributed by atoms with Gasteiger partial charge in [-0.05, 0) is 30.2 Å². The van der Waals surface area contributed by atoms with Crippen LogP contribution < -0.4 is 0 Å². The van der Waals surface area contributed by atoms with Crippen LogP contribution in [0.2, 0.25) is 0 Å². The van der Waals surface area contributed by atoms with Crippen LogP contribution in [0.3, 0.4) is 0 Å². The van der Waals surface area contributed by atoms with E-state index in [9.17, 15) is 9.90 Å². The topological polar surface area (TPSA) is 77.8 Å². The Kier molecular flexibility index (Phi) is 3.46. The van der Waals surface area contributed by atoms with E-state index in [2.05, 4.69) is 0 Å². The average molecular weight is 208 g/mol. The molecule has 0 aliphatic rings.